The highest BCUT2D eigenvalue weighted by Gasteiger charge is 2.46. The minimum absolute atomic E-state index is 0.248. The number of nitrogens with zero attached hydrogens (tertiary/aromatic N) is 2. The van der Waals surface area contributed by atoms with Gasteiger partial charge < -0.3 is 14.9 Å². The Hall–Kier alpha value is -3.52. The molecule has 3 N–H and O–H groups in total. The summed E-state index contributed by atoms with van der Waals surface area (Å²) in [6, 6.07) is 10.0. The fourth-order valence-electron chi connectivity index (χ4n) is 4.43. The molecule has 7 nitrogen and oxygen atoms in total. The van der Waals surface area contributed by atoms with Gasteiger partial charge in [0, 0.05) is 16.3 Å². The molecule has 2 aliphatic rings. The number of rotatable bonds is 5. The number of aliphatic hydroxyl groups is 1. The molecule has 2 fully saturated rings. The van der Waals surface area contributed by atoms with Gasteiger partial charge in [-0.2, -0.15) is 5.10 Å². The number of carboxylic acid groups (broad SMARTS) is 1. The average Bonchev–Trinajstić information content (AvgIpc) is 3.32. The van der Waals surface area contributed by atoms with Gasteiger partial charge in [0.2, 0.25) is 5.88 Å². The second-order valence-electron chi connectivity index (χ2n) is 8.78. The molecule has 0 atom stereocenters. The van der Waals surface area contributed by atoms with Crippen LogP contribution in [0.2, 0.25) is 0 Å². The number of carbonyl (C=O) groups is 1. The van der Waals surface area contributed by atoms with Gasteiger partial charge in [0.05, 0.1) is 23.3 Å². The minimum Gasteiger partial charge on any atom is -0.481 e. The second kappa shape index (κ2) is 6.74. The molecule has 0 amide bonds. The number of aromatic amines is 1. The summed E-state index contributed by atoms with van der Waals surface area (Å²) in [7, 11) is 0. The molecule has 0 bridgehead atoms. The highest BCUT2D eigenvalue weighted by molar-refractivity contribution is 6.06. The van der Waals surface area contributed by atoms with Crippen LogP contribution in [0.1, 0.15) is 31.4 Å². The van der Waals surface area contributed by atoms with Crippen LogP contribution in [0, 0.1) is 11.7 Å². The zero-order valence-electron chi connectivity index (χ0n) is 17.0. The van der Waals surface area contributed by atoms with Crippen molar-refractivity contribution < 1.29 is 24.1 Å². The number of pyridine rings is 1. The molecule has 8 heteroatoms. The van der Waals surface area contributed by atoms with Gasteiger partial charge in [-0.15, -0.1) is 0 Å². The van der Waals surface area contributed by atoms with Gasteiger partial charge >= 0.3 is 5.97 Å². The molecule has 0 aliphatic heterocycles. The lowest BCUT2D eigenvalue weighted by Crippen LogP contribution is -2.38. The lowest BCUT2D eigenvalue weighted by Gasteiger charge is -2.32. The molecule has 2 aromatic heterocycles. The first-order valence-corrected chi connectivity index (χ1v) is 10.6. The van der Waals surface area contributed by atoms with E-state index in [0.717, 1.165) is 32.8 Å². The third-order valence-corrected chi connectivity index (χ3v) is 6.55. The lowest BCUT2D eigenvalue weighted by atomic mass is 9.82. The summed E-state index contributed by atoms with van der Waals surface area (Å²) in [6.45, 7) is 0. The Balaban J connectivity index is 1.57. The van der Waals surface area contributed by atoms with Crippen molar-refractivity contribution in [2.75, 3.05) is 0 Å². The Morgan fingerprint density at radius 3 is 2.59 bits per heavy atom. The first-order valence-electron chi connectivity index (χ1n) is 10.6. The SMILES string of the molecule is O=C(O)[C@H]1C[C@H](Oc2nc(C3(O)CC3)c(-c3ccc(F)cc3)c3cc4cn[nH]c4cc23)C1. The highest BCUT2D eigenvalue weighted by atomic mass is 19.1. The maximum Gasteiger partial charge on any atom is 0.306 e. The number of halogens is 1. The Labute approximate surface area is 181 Å². The van der Waals surface area contributed by atoms with E-state index in [-0.39, 0.29) is 11.9 Å². The Morgan fingerprint density at radius 1 is 1.16 bits per heavy atom. The summed E-state index contributed by atoms with van der Waals surface area (Å²) in [5.41, 5.74) is 1.74. The lowest BCUT2D eigenvalue weighted by molar-refractivity contribution is -0.148. The molecule has 6 rings (SSSR count). The number of hydrogen-bond acceptors (Lipinski definition) is 5. The Morgan fingerprint density at radius 2 is 1.91 bits per heavy atom. The van der Waals surface area contributed by atoms with Crippen LogP contribution >= 0.6 is 0 Å². The van der Waals surface area contributed by atoms with Crippen LogP contribution in [-0.2, 0) is 10.4 Å². The zero-order valence-corrected chi connectivity index (χ0v) is 17.0. The van der Waals surface area contributed by atoms with Crippen molar-refractivity contribution in [3.05, 3.63) is 54.1 Å². The number of aromatic nitrogens is 3. The Bertz CT molecular complexity index is 1370. The molecule has 0 unspecified atom stereocenters. The molecule has 2 aliphatic carbocycles. The number of nitrogens with one attached hydrogen (secondary N) is 1. The van der Waals surface area contributed by atoms with Crippen molar-refractivity contribution >= 4 is 27.6 Å². The summed E-state index contributed by atoms with van der Waals surface area (Å²) >= 11 is 0. The zero-order chi connectivity index (χ0) is 22.0. The van der Waals surface area contributed by atoms with Crippen LogP contribution < -0.4 is 4.74 Å². The van der Waals surface area contributed by atoms with Crippen molar-refractivity contribution in [2.45, 2.75) is 37.4 Å². The van der Waals surface area contributed by atoms with Crippen LogP contribution in [0.4, 0.5) is 4.39 Å². The van der Waals surface area contributed by atoms with E-state index in [9.17, 15) is 19.4 Å². The monoisotopic (exact) mass is 433 g/mol. The topological polar surface area (TPSA) is 108 Å². The third kappa shape index (κ3) is 3.02. The van der Waals surface area contributed by atoms with Crippen LogP contribution in [0.25, 0.3) is 32.8 Å². The van der Waals surface area contributed by atoms with Gasteiger partial charge in [0.25, 0.3) is 0 Å². The number of carboxylic acids is 1. The van der Waals surface area contributed by atoms with Gasteiger partial charge in [0.15, 0.2) is 0 Å². The van der Waals surface area contributed by atoms with E-state index in [0.29, 0.717) is 37.3 Å². The summed E-state index contributed by atoms with van der Waals surface area (Å²) in [6.07, 6.45) is 3.48. The van der Waals surface area contributed by atoms with E-state index in [1.165, 1.54) is 12.1 Å². The van der Waals surface area contributed by atoms with Crippen molar-refractivity contribution in [3.8, 4) is 17.0 Å². The first kappa shape index (κ1) is 19.2. The second-order valence-corrected chi connectivity index (χ2v) is 8.78. The van der Waals surface area contributed by atoms with Gasteiger partial charge in [0.1, 0.15) is 17.5 Å². The van der Waals surface area contributed by atoms with E-state index in [1.807, 2.05) is 12.1 Å². The normalized spacial score (nSPS) is 21.4. The van der Waals surface area contributed by atoms with E-state index < -0.39 is 17.5 Å². The third-order valence-electron chi connectivity index (χ3n) is 6.55. The Kier molecular flexibility index (Phi) is 4.04. The van der Waals surface area contributed by atoms with Crippen LogP contribution in [0.5, 0.6) is 5.88 Å². The van der Waals surface area contributed by atoms with Crippen LogP contribution in [-0.4, -0.2) is 37.5 Å². The van der Waals surface area contributed by atoms with Crippen molar-refractivity contribution in [1.29, 1.82) is 0 Å². The molecule has 4 aromatic rings. The van der Waals surface area contributed by atoms with E-state index >= 15 is 0 Å². The summed E-state index contributed by atoms with van der Waals surface area (Å²) < 4.78 is 19.8. The molecular formula is C24H20FN3O4. The standard InChI is InChI=1S/C24H20FN3O4/c25-15-3-1-12(2-4-15)20-17-9-14-11-26-28-19(14)10-18(17)22(27-21(20)24(31)5-6-24)32-16-7-13(8-16)23(29)30/h1-4,9-11,13,16,31H,5-8H2,(H,26,28)(H,29,30)/t13-,16-. The van der Waals surface area contributed by atoms with Crippen molar-refractivity contribution in [1.82, 2.24) is 15.2 Å². The first-order chi connectivity index (χ1) is 15.4. The van der Waals surface area contributed by atoms with Gasteiger partial charge in [-0.3, -0.25) is 9.89 Å². The maximum atomic E-state index is 13.6. The molecule has 0 radical (unpaired) electrons. The number of fused-ring (bicyclic) bond motifs is 2. The predicted octanol–water partition coefficient (Wildman–Crippen LogP) is 4.14. The van der Waals surface area contributed by atoms with Gasteiger partial charge in [-0.1, -0.05) is 12.1 Å². The molecule has 32 heavy (non-hydrogen) atoms. The van der Waals surface area contributed by atoms with E-state index in [4.69, 9.17) is 9.72 Å². The summed E-state index contributed by atoms with van der Waals surface area (Å²) in [5.74, 6) is -1.20. The average molecular weight is 433 g/mol. The van der Waals surface area contributed by atoms with Gasteiger partial charge in [-0.05, 0) is 60.9 Å². The largest absolute Gasteiger partial charge is 0.481 e. The summed E-state index contributed by atoms with van der Waals surface area (Å²) in [5, 5.41) is 29.8. The van der Waals surface area contributed by atoms with Crippen molar-refractivity contribution in [3.63, 3.8) is 0 Å². The van der Waals surface area contributed by atoms with Gasteiger partial charge in [-0.25, -0.2) is 9.37 Å². The predicted molar refractivity (Wildman–Crippen MR) is 115 cm³/mol. The number of ether oxygens (including phenoxy) is 1. The van der Waals surface area contributed by atoms with E-state index in [1.54, 1.807) is 18.3 Å². The molecule has 0 spiro atoms. The van der Waals surface area contributed by atoms with Crippen molar-refractivity contribution in [2.24, 2.45) is 5.92 Å². The van der Waals surface area contributed by atoms with Crippen LogP contribution in [0.3, 0.4) is 0 Å². The molecular weight excluding hydrogens is 413 g/mol. The molecule has 2 heterocycles. The van der Waals surface area contributed by atoms with E-state index in [2.05, 4.69) is 10.2 Å². The maximum absolute atomic E-state index is 13.6. The fraction of sp³-hybridized carbons (Fsp3) is 0.292. The summed E-state index contributed by atoms with van der Waals surface area (Å²) in [4.78, 5) is 16.0. The number of benzene rings is 2. The highest BCUT2D eigenvalue weighted by Crippen LogP contribution is 2.51. The van der Waals surface area contributed by atoms with Crippen LogP contribution in [0.15, 0.2) is 42.6 Å². The molecule has 2 aromatic carbocycles. The fourth-order valence-corrected chi connectivity index (χ4v) is 4.43. The molecule has 0 saturated heterocycles. The smallest absolute Gasteiger partial charge is 0.306 e. The quantitative estimate of drug-likeness (QED) is 0.437. The molecule has 2 saturated carbocycles. The number of aliphatic carboxylic acids is 1. The molecule has 162 valence electrons. The number of H-pyrrole nitrogens is 1. The number of hydrogen-bond donors (Lipinski definition) is 3. The minimum atomic E-state index is -1.06.